The third-order valence-corrected chi connectivity index (χ3v) is 6.97. The van der Waals surface area contributed by atoms with Crippen LogP contribution in [0.2, 0.25) is 10.0 Å². The minimum absolute atomic E-state index is 0.229. The molecule has 0 atom stereocenters. The number of morpholine rings is 1. The molecule has 4 rings (SSSR count). The van der Waals surface area contributed by atoms with E-state index >= 15 is 0 Å². The van der Waals surface area contributed by atoms with Gasteiger partial charge in [-0.3, -0.25) is 0 Å². The Morgan fingerprint density at radius 3 is 2.33 bits per heavy atom. The number of nitrogens with one attached hydrogen (secondary N) is 1. The van der Waals surface area contributed by atoms with Gasteiger partial charge in [-0.05, 0) is 48.5 Å². The van der Waals surface area contributed by atoms with E-state index < -0.39 is 0 Å². The van der Waals surface area contributed by atoms with Gasteiger partial charge in [-0.25, -0.2) is 0 Å². The van der Waals surface area contributed by atoms with Crippen molar-refractivity contribution in [2.45, 2.75) is 13.2 Å². The Morgan fingerprint density at radius 2 is 1.67 bits per heavy atom. The van der Waals surface area contributed by atoms with Crippen LogP contribution in [0.4, 0.5) is 11.4 Å². The Morgan fingerprint density at radius 1 is 0.970 bits per heavy atom. The number of ether oxygens (including phenoxy) is 3. The van der Waals surface area contributed by atoms with Crippen molar-refractivity contribution in [1.82, 2.24) is 0 Å². The zero-order chi connectivity index (χ0) is 23.2. The molecule has 0 unspecified atom stereocenters. The van der Waals surface area contributed by atoms with Crippen molar-refractivity contribution in [2.24, 2.45) is 0 Å². The molecule has 1 aliphatic rings. The second-order valence-corrected chi connectivity index (χ2v) is 9.21. The summed E-state index contributed by atoms with van der Waals surface area (Å²) in [5.74, 6) is 1.28. The number of rotatable bonds is 8. The van der Waals surface area contributed by atoms with Crippen LogP contribution in [0.5, 0.6) is 11.5 Å². The summed E-state index contributed by atoms with van der Waals surface area (Å²) >= 11 is 16.3. The lowest BCUT2D eigenvalue weighted by atomic mass is 10.1. The Bertz CT molecular complexity index is 1070. The van der Waals surface area contributed by atoms with Crippen LogP contribution in [0, 0.1) is 0 Å². The predicted molar refractivity (Wildman–Crippen MR) is 138 cm³/mol. The van der Waals surface area contributed by atoms with E-state index in [1.807, 2.05) is 18.2 Å². The molecule has 1 N–H and O–H groups in total. The highest BCUT2D eigenvalue weighted by Gasteiger charge is 2.17. The smallest absolute Gasteiger partial charge is 0.167 e. The maximum atomic E-state index is 6.32. The van der Waals surface area contributed by atoms with Crippen molar-refractivity contribution in [3.8, 4) is 11.5 Å². The van der Waals surface area contributed by atoms with Gasteiger partial charge in [0, 0.05) is 56.7 Å². The molecule has 33 heavy (non-hydrogen) atoms. The summed E-state index contributed by atoms with van der Waals surface area (Å²) in [6, 6.07) is 17.7. The predicted octanol–water partition coefficient (Wildman–Crippen LogP) is 6.79. The monoisotopic (exact) mass is 550 g/mol. The average molecular weight is 552 g/mol. The third-order valence-electron chi connectivity index (χ3n) is 5.52. The Kier molecular flexibility index (Phi) is 8.25. The van der Waals surface area contributed by atoms with Crippen LogP contribution in [0.15, 0.2) is 59.1 Å². The van der Waals surface area contributed by atoms with Crippen LogP contribution < -0.4 is 19.7 Å². The van der Waals surface area contributed by atoms with E-state index in [9.17, 15) is 0 Å². The molecule has 0 aliphatic carbocycles. The summed E-state index contributed by atoms with van der Waals surface area (Å²) in [5, 5.41) is 4.62. The number of benzene rings is 3. The fraction of sp³-hybridized carbons (Fsp3) is 0.280. The van der Waals surface area contributed by atoms with Gasteiger partial charge in [0.2, 0.25) is 0 Å². The van der Waals surface area contributed by atoms with Crippen molar-refractivity contribution in [2.75, 3.05) is 43.6 Å². The van der Waals surface area contributed by atoms with E-state index in [1.165, 1.54) is 5.69 Å². The first-order valence-corrected chi connectivity index (χ1v) is 12.2. The summed E-state index contributed by atoms with van der Waals surface area (Å²) in [5.41, 5.74) is 3.89. The van der Waals surface area contributed by atoms with Crippen LogP contribution in [0.25, 0.3) is 0 Å². The summed E-state index contributed by atoms with van der Waals surface area (Å²) in [4.78, 5) is 2.33. The molecule has 0 spiro atoms. The first kappa shape index (κ1) is 24.0. The second-order valence-electron chi connectivity index (χ2n) is 7.55. The van der Waals surface area contributed by atoms with E-state index in [0.717, 1.165) is 47.6 Å². The topological polar surface area (TPSA) is 43.0 Å². The lowest BCUT2D eigenvalue weighted by Gasteiger charge is -2.29. The van der Waals surface area contributed by atoms with Gasteiger partial charge in [0.15, 0.2) is 11.5 Å². The van der Waals surface area contributed by atoms with Gasteiger partial charge < -0.3 is 24.4 Å². The molecular weight excluding hydrogens is 527 g/mol. The molecule has 5 nitrogen and oxygen atoms in total. The van der Waals surface area contributed by atoms with Crippen molar-refractivity contribution in [1.29, 1.82) is 0 Å². The number of hydrogen-bond donors (Lipinski definition) is 1. The third kappa shape index (κ3) is 5.87. The van der Waals surface area contributed by atoms with Crippen molar-refractivity contribution >= 4 is 50.5 Å². The van der Waals surface area contributed by atoms with Crippen LogP contribution in [0.3, 0.4) is 0 Å². The molecule has 1 aliphatic heterocycles. The van der Waals surface area contributed by atoms with E-state index in [2.05, 4.69) is 50.4 Å². The second kappa shape index (κ2) is 11.3. The first-order chi connectivity index (χ1) is 16.1. The molecule has 8 heteroatoms. The van der Waals surface area contributed by atoms with Gasteiger partial charge in [0.05, 0.1) is 20.3 Å². The molecule has 3 aromatic carbocycles. The lowest BCUT2D eigenvalue weighted by molar-refractivity contribution is 0.122. The minimum atomic E-state index is 0.229. The van der Waals surface area contributed by atoms with E-state index in [4.69, 9.17) is 37.4 Å². The summed E-state index contributed by atoms with van der Waals surface area (Å²) in [6.45, 7) is 4.14. The fourth-order valence-corrected chi connectivity index (χ4v) is 4.64. The number of halogens is 3. The van der Waals surface area contributed by atoms with Crippen LogP contribution in [-0.4, -0.2) is 33.4 Å². The highest BCUT2D eigenvalue weighted by Crippen LogP contribution is 2.38. The SMILES string of the molecule is COc1ccc(Br)c(CNc2ccc(N3CCOCC3)cc2)c1OCc1c(Cl)cccc1Cl. The van der Waals surface area contributed by atoms with Crippen molar-refractivity contribution in [3.63, 3.8) is 0 Å². The summed E-state index contributed by atoms with van der Waals surface area (Å²) in [7, 11) is 1.63. The Balaban J connectivity index is 1.50. The summed E-state index contributed by atoms with van der Waals surface area (Å²) < 4.78 is 18.1. The van der Waals surface area contributed by atoms with Crippen LogP contribution in [-0.2, 0) is 17.9 Å². The van der Waals surface area contributed by atoms with E-state index in [1.54, 1.807) is 19.2 Å². The molecule has 3 aromatic rings. The number of hydrogen-bond acceptors (Lipinski definition) is 5. The van der Waals surface area contributed by atoms with Gasteiger partial charge in [-0.1, -0.05) is 45.2 Å². The van der Waals surface area contributed by atoms with Crippen molar-refractivity contribution < 1.29 is 14.2 Å². The standard InChI is InChI=1S/C25H25BrCl2N2O3/c1-31-24-10-9-21(26)19(25(24)33-16-20-22(27)3-2-4-23(20)28)15-29-17-5-7-18(8-6-17)30-11-13-32-14-12-30/h2-10,29H,11-16H2,1H3. The number of nitrogens with zero attached hydrogens (tertiary/aromatic N) is 1. The fourth-order valence-electron chi connectivity index (χ4n) is 3.68. The van der Waals surface area contributed by atoms with Gasteiger partial charge in [-0.15, -0.1) is 0 Å². The van der Waals surface area contributed by atoms with Gasteiger partial charge in [-0.2, -0.15) is 0 Å². The highest BCUT2D eigenvalue weighted by atomic mass is 79.9. The first-order valence-electron chi connectivity index (χ1n) is 10.6. The Labute approximate surface area is 212 Å². The molecule has 0 aromatic heterocycles. The molecule has 1 heterocycles. The zero-order valence-corrected chi connectivity index (χ0v) is 21.3. The molecular formula is C25H25BrCl2N2O3. The van der Waals surface area contributed by atoms with E-state index in [-0.39, 0.29) is 6.61 Å². The molecule has 1 saturated heterocycles. The lowest BCUT2D eigenvalue weighted by Crippen LogP contribution is -2.36. The van der Waals surface area contributed by atoms with Gasteiger partial charge >= 0.3 is 0 Å². The van der Waals surface area contributed by atoms with Gasteiger partial charge in [0.1, 0.15) is 6.61 Å². The largest absolute Gasteiger partial charge is 0.493 e. The maximum absolute atomic E-state index is 6.32. The highest BCUT2D eigenvalue weighted by molar-refractivity contribution is 9.10. The maximum Gasteiger partial charge on any atom is 0.167 e. The summed E-state index contributed by atoms with van der Waals surface area (Å²) in [6.07, 6.45) is 0. The molecule has 1 fully saturated rings. The van der Waals surface area contributed by atoms with Crippen LogP contribution >= 0.6 is 39.1 Å². The number of anilines is 2. The molecule has 0 amide bonds. The van der Waals surface area contributed by atoms with Crippen molar-refractivity contribution in [3.05, 3.63) is 80.2 Å². The van der Waals surface area contributed by atoms with Gasteiger partial charge in [0.25, 0.3) is 0 Å². The quantitative estimate of drug-likeness (QED) is 0.334. The Hall–Kier alpha value is -2.12. The molecule has 174 valence electrons. The normalized spacial score (nSPS) is 13.6. The average Bonchev–Trinajstić information content (AvgIpc) is 2.84. The van der Waals surface area contributed by atoms with Crippen LogP contribution in [0.1, 0.15) is 11.1 Å². The zero-order valence-electron chi connectivity index (χ0n) is 18.2. The van der Waals surface area contributed by atoms with E-state index in [0.29, 0.717) is 28.1 Å². The minimum Gasteiger partial charge on any atom is -0.493 e. The molecule has 0 saturated carbocycles. The molecule has 0 bridgehead atoms. The number of methoxy groups -OCH3 is 1. The molecule has 0 radical (unpaired) electrons.